The number of nitrogens with two attached hydrogens (primary N) is 1. The quantitative estimate of drug-likeness (QED) is 0.782. The Kier molecular flexibility index (Phi) is 3.28. The lowest BCUT2D eigenvalue weighted by atomic mass is 9.97. The Labute approximate surface area is 82.7 Å². The van der Waals surface area contributed by atoms with Gasteiger partial charge in [0.1, 0.15) is 5.82 Å². The maximum absolute atomic E-state index is 12.8. The minimum atomic E-state index is -0.402. The maximum atomic E-state index is 12.8. The molecule has 0 amide bonds. The minimum Gasteiger partial charge on any atom is -0.324 e. The standard InChI is InChI=1S/C10H13ClFN/c1-6(2)10(13)7-3-4-9(12)8(11)5-7/h3-6,10H,13H2,1-2H3/t10-/m0/s1. The first kappa shape index (κ1) is 10.5. The Hall–Kier alpha value is -0.600. The lowest BCUT2D eigenvalue weighted by Crippen LogP contribution is -2.16. The van der Waals surface area contributed by atoms with E-state index in [0.29, 0.717) is 5.92 Å². The van der Waals surface area contributed by atoms with Crippen LogP contribution in [0.1, 0.15) is 25.5 Å². The van der Waals surface area contributed by atoms with Crippen LogP contribution in [0.25, 0.3) is 0 Å². The molecule has 0 spiro atoms. The van der Waals surface area contributed by atoms with Gasteiger partial charge in [-0.15, -0.1) is 0 Å². The van der Waals surface area contributed by atoms with Crippen LogP contribution >= 0.6 is 11.6 Å². The van der Waals surface area contributed by atoms with Crippen LogP contribution in [0, 0.1) is 11.7 Å². The number of benzene rings is 1. The van der Waals surface area contributed by atoms with Crippen LogP contribution in [0.5, 0.6) is 0 Å². The first-order valence-corrected chi connectivity index (χ1v) is 4.60. The molecule has 0 bridgehead atoms. The lowest BCUT2D eigenvalue weighted by Gasteiger charge is -2.16. The molecule has 0 saturated carbocycles. The second kappa shape index (κ2) is 4.07. The van der Waals surface area contributed by atoms with E-state index in [4.69, 9.17) is 17.3 Å². The highest BCUT2D eigenvalue weighted by molar-refractivity contribution is 6.30. The van der Waals surface area contributed by atoms with Crippen molar-refractivity contribution in [1.29, 1.82) is 0 Å². The van der Waals surface area contributed by atoms with Gasteiger partial charge in [-0.05, 0) is 23.6 Å². The summed E-state index contributed by atoms with van der Waals surface area (Å²) in [7, 11) is 0. The monoisotopic (exact) mass is 201 g/mol. The molecular formula is C10H13ClFN. The Balaban J connectivity index is 2.97. The molecule has 1 aromatic carbocycles. The molecule has 0 aliphatic heterocycles. The third kappa shape index (κ3) is 2.42. The predicted molar refractivity (Wildman–Crippen MR) is 53.2 cm³/mol. The molecule has 0 fully saturated rings. The molecule has 0 heterocycles. The molecule has 13 heavy (non-hydrogen) atoms. The van der Waals surface area contributed by atoms with Crippen molar-refractivity contribution in [2.45, 2.75) is 19.9 Å². The summed E-state index contributed by atoms with van der Waals surface area (Å²) in [6, 6.07) is 4.52. The molecule has 0 aliphatic carbocycles. The fourth-order valence-electron chi connectivity index (χ4n) is 1.10. The number of halogens is 2. The van der Waals surface area contributed by atoms with Crippen LogP contribution in [0.4, 0.5) is 4.39 Å². The van der Waals surface area contributed by atoms with Gasteiger partial charge >= 0.3 is 0 Å². The highest BCUT2D eigenvalue weighted by Crippen LogP contribution is 2.23. The molecule has 0 saturated heterocycles. The van der Waals surface area contributed by atoms with E-state index in [-0.39, 0.29) is 11.1 Å². The summed E-state index contributed by atoms with van der Waals surface area (Å²) < 4.78 is 12.8. The van der Waals surface area contributed by atoms with Crippen LogP contribution in [-0.2, 0) is 0 Å². The normalized spacial score (nSPS) is 13.4. The Morgan fingerprint density at radius 2 is 2.00 bits per heavy atom. The van der Waals surface area contributed by atoms with Gasteiger partial charge < -0.3 is 5.73 Å². The molecule has 0 radical (unpaired) electrons. The first-order chi connectivity index (χ1) is 6.02. The van der Waals surface area contributed by atoms with Crippen LogP contribution < -0.4 is 5.73 Å². The van der Waals surface area contributed by atoms with E-state index in [9.17, 15) is 4.39 Å². The molecule has 1 atom stereocenters. The van der Waals surface area contributed by atoms with Gasteiger partial charge in [-0.1, -0.05) is 31.5 Å². The fourth-order valence-corrected chi connectivity index (χ4v) is 1.29. The summed E-state index contributed by atoms with van der Waals surface area (Å²) in [5, 5.41) is 0.133. The number of rotatable bonds is 2. The summed E-state index contributed by atoms with van der Waals surface area (Å²) >= 11 is 5.63. The molecule has 1 nitrogen and oxygen atoms in total. The zero-order valence-electron chi connectivity index (χ0n) is 7.72. The molecule has 0 aromatic heterocycles. The lowest BCUT2D eigenvalue weighted by molar-refractivity contribution is 0.513. The van der Waals surface area contributed by atoms with E-state index in [1.807, 2.05) is 13.8 Å². The van der Waals surface area contributed by atoms with Crippen molar-refractivity contribution in [2.75, 3.05) is 0 Å². The van der Waals surface area contributed by atoms with Crippen molar-refractivity contribution in [2.24, 2.45) is 11.7 Å². The highest BCUT2D eigenvalue weighted by atomic mass is 35.5. The molecule has 2 N–H and O–H groups in total. The molecule has 3 heteroatoms. The summed E-state index contributed by atoms with van der Waals surface area (Å²) in [6.07, 6.45) is 0. The summed E-state index contributed by atoms with van der Waals surface area (Å²) in [5.41, 5.74) is 6.75. The van der Waals surface area contributed by atoms with Gasteiger partial charge in [0.25, 0.3) is 0 Å². The van der Waals surface area contributed by atoms with Crippen molar-refractivity contribution in [1.82, 2.24) is 0 Å². The van der Waals surface area contributed by atoms with Crippen LogP contribution in [0.3, 0.4) is 0 Å². The van der Waals surface area contributed by atoms with Gasteiger partial charge in [0.2, 0.25) is 0 Å². The fraction of sp³-hybridized carbons (Fsp3) is 0.400. The molecule has 0 aliphatic rings. The van der Waals surface area contributed by atoms with Crippen LogP contribution in [0.2, 0.25) is 5.02 Å². The molecule has 1 aromatic rings. The van der Waals surface area contributed by atoms with E-state index >= 15 is 0 Å². The second-order valence-corrected chi connectivity index (χ2v) is 3.85. The van der Waals surface area contributed by atoms with Crippen molar-refractivity contribution >= 4 is 11.6 Å². The Morgan fingerprint density at radius 3 is 2.46 bits per heavy atom. The van der Waals surface area contributed by atoms with Gasteiger partial charge in [0.15, 0.2) is 0 Å². The maximum Gasteiger partial charge on any atom is 0.141 e. The van der Waals surface area contributed by atoms with E-state index in [1.165, 1.54) is 6.07 Å². The van der Waals surface area contributed by atoms with E-state index in [2.05, 4.69) is 0 Å². The van der Waals surface area contributed by atoms with Crippen LogP contribution in [0.15, 0.2) is 18.2 Å². The Bertz CT molecular complexity index is 299. The van der Waals surface area contributed by atoms with Gasteiger partial charge in [-0.3, -0.25) is 0 Å². The van der Waals surface area contributed by atoms with Crippen LogP contribution in [-0.4, -0.2) is 0 Å². The van der Waals surface area contributed by atoms with E-state index in [0.717, 1.165) is 5.56 Å². The summed E-state index contributed by atoms with van der Waals surface area (Å²) in [5.74, 6) is -0.0806. The predicted octanol–water partition coefficient (Wildman–Crippen LogP) is 3.13. The average Bonchev–Trinajstić information content (AvgIpc) is 2.08. The number of hydrogen-bond donors (Lipinski definition) is 1. The molecule has 0 unspecified atom stereocenters. The van der Waals surface area contributed by atoms with Gasteiger partial charge in [0, 0.05) is 6.04 Å². The summed E-state index contributed by atoms with van der Waals surface area (Å²) in [6.45, 7) is 4.03. The summed E-state index contributed by atoms with van der Waals surface area (Å²) in [4.78, 5) is 0. The van der Waals surface area contributed by atoms with Crippen molar-refractivity contribution in [3.8, 4) is 0 Å². The third-order valence-electron chi connectivity index (χ3n) is 2.05. The molecule has 72 valence electrons. The first-order valence-electron chi connectivity index (χ1n) is 4.23. The zero-order valence-corrected chi connectivity index (χ0v) is 8.48. The zero-order chi connectivity index (χ0) is 10.0. The molecule has 1 rings (SSSR count). The topological polar surface area (TPSA) is 26.0 Å². The minimum absolute atomic E-state index is 0.0851. The van der Waals surface area contributed by atoms with E-state index < -0.39 is 5.82 Å². The number of hydrogen-bond acceptors (Lipinski definition) is 1. The second-order valence-electron chi connectivity index (χ2n) is 3.44. The average molecular weight is 202 g/mol. The largest absolute Gasteiger partial charge is 0.324 e. The molecular weight excluding hydrogens is 189 g/mol. The highest BCUT2D eigenvalue weighted by Gasteiger charge is 2.11. The van der Waals surface area contributed by atoms with Crippen molar-refractivity contribution in [3.05, 3.63) is 34.6 Å². The van der Waals surface area contributed by atoms with Gasteiger partial charge in [0.05, 0.1) is 5.02 Å². The van der Waals surface area contributed by atoms with E-state index in [1.54, 1.807) is 12.1 Å². The van der Waals surface area contributed by atoms with Gasteiger partial charge in [-0.25, -0.2) is 4.39 Å². The third-order valence-corrected chi connectivity index (χ3v) is 2.34. The van der Waals surface area contributed by atoms with Crippen molar-refractivity contribution in [3.63, 3.8) is 0 Å². The smallest absolute Gasteiger partial charge is 0.141 e. The SMILES string of the molecule is CC(C)[C@H](N)c1ccc(F)c(Cl)c1. The Morgan fingerprint density at radius 1 is 1.38 bits per heavy atom. The van der Waals surface area contributed by atoms with Gasteiger partial charge in [-0.2, -0.15) is 0 Å². The van der Waals surface area contributed by atoms with Crippen molar-refractivity contribution < 1.29 is 4.39 Å².